The van der Waals surface area contributed by atoms with E-state index >= 15 is 0 Å². The second-order valence-electron chi connectivity index (χ2n) is 11.9. The molecule has 1 heterocycles. The number of halogens is 1. The molecule has 2 bridgehead atoms. The molecule has 1 aromatic carbocycles. The summed E-state index contributed by atoms with van der Waals surface area (Å²) in [6.07, 6.45) is 3.55. The summed E-state index contributed by atoms with van der Waals surface area (Å²) in [5, 5.41) is 3.05. The fourth-order valence-corrected chi connectivity index (χ4v) is 9.87. The number of aryl methyl sites for hydroxylation is 1. The Labute approximate surface area is 234 Å². The van der Waals surface area contributed by atoms with Gasteiger partial charge in [-0.25, -0.2) is 16.8 Å². The Kier molecular flexibility index (Phi) is 9.20. The van der Waals surface area contributed by atoms with Crippen LogP contribution in [0.3, 0.4) is 0 Å². The first-order valence-electron chi connectivity index (χ1n) is 13.2. The average Bonchev–Trinajstić information content (AvgIpc) is 3.17. The first-order chi connectivity index (χ1) is 17.2. The summed E-state index contributed by atoms with van der Waals surface area (Å²) in [5.74, 6) is -0.245. The molecular formula is C26H43ClN4O5S2. The number of sulfone groups is 1. The molecule has 3 fully saturated rings. The Morgan fingerprint density at radius 1 is 1.13 bits per heavy atom. The van der Waals surface area contributed by atoms with Gasteiger partial charge in [0.1, 0.15) is 9.84 Å². The molecule has 9 nitrogen and oxygen atoms in total. The Bertz CT molecular complexity index is 1230. The Morgan fingerprint density at radius 3 is 2.34 bits per heavy atom. The highest BCUT2D eigenvalue weighted by molar-refractivity contribution is 7.90. The van der Waals surface area contributed by atoms with Crippen molar-refractivity contribution in [3.63, 3.8) is 0 Å². The number of nitrogens with two attached hydrogens (primary N) is 1. The van der Waals surface area contributed by atoms with Crippen molar-refractivity contribution >= 4 is 43.9 Å². The lowest BCUT2D eigenvalue weighted by Crippen LogP contribution is -2.57. The van der Waals surface area contributed by atoms with Crippen molar-refractivity contribution in [2.45, 2.75) is 58.5 Å². The largest absolute Gasteiger partial charge is 0.369 e. The third-order valence-corrected chi connectivity index (χ3v) is 12.4. The van der Waals surface area contributed by atoms with Gasteiger partial charge in [-0.3, -0.25) is 4.79 Å². The van der Waals surface area contributed by atoms with Gasteiger partial charge >= 0.3 is 0 Å². The molecule has 216 valence electrons. The van der Waals surface area contributed by atoms with E-state index in [2.05, 4.69) is 43.1 Å². The number of rotatable bonds is 9. The van der Waals surface area contributed by atoms with E-state index < -0.39 is 37.2 Å². The van der Waals surface area contributed by atoms with Crippen molar-refractivity contribution < 1.29 is 21.6 Å². The summed E-state index contributed by atoms with van der Waals surface area (Å²) in [4.78, 5) is 15.2. The number of hydrogen-bond acceptors (Lipinski definition) is 7. The zero-order valence-electron chi connectivity index (χ0n) is 22.9. The van der Waals surface area contributed by atoms with Crippen LogP contribution in [0.4, 0.5) is 5.69 Å². The van der Waals surface area contributed by atoms with Crippen LogP contribution in [-0.4, -0.2) is 83.1 Å². The fourth-order valence-electron chi connectivity index (χ4n) is 6.92. The molecule has 4 rings (SSSR count). The maximum atomic E-state index is 13.8. The van der Waals surface area contributed by atoms with Crippen LogP contribution in [0, 0.1) is 23.7 Å². The molecular weight excluding hydrogens is 548 g/mol. The molecule has 0 radical (unpaired) electrons. The third-order valence-electron chi connectivity index (χ3n) is 9.41. The van der Waals surface area contributed by atoms with Crippen molar-refractivity contribution in [2.24, 2.45) is 22.5 Å². The van der Waals surface area contributed by atoms with E-state index in [1.165, 1.54) is 5.56 Å². The Morgan fingerprint density at radius 2 is 1.76 bits per heavy atom. The molecule has 12 heteroatoms. The number of amides is 1. The number of benzene rings is 1. The van der Waals surface area contributed by atoms with E-state index in [0.29, 0.717) is 38.5 Å². The minimum Gasteiger partial charge on any atom is -0.369 e. The number of hydrogen-bond donors (Lipinski definition) is 2. The van der Waals surface area contributed by atoms with Crippen LogP contribution < -0.4 is 16.0 Å². The highest BCUT2D eigenvalue weighted by Gasteiger charge is 2.66. The number of fused-ring (bicyclic) bond motifs is 2. The molecule has 3 aliphatic rings. The highest BCUT2D eigenvalue weighted by Crippen LogP contribution is 2.66. The molecule has 1 aliphatic heterocycles. The molecule has 1 aromatic rings. The zero-order valence-corrected chi connectivity index (χ0v) is 25.3. The lowest BCUT2D eigenvalue weighted by atomic mass is 9.69. The third kappa shape index (κ3) is 6.01. The van der Waals surface area contributed by atoms with Crippen molar-refractivity contribution in [2.75, 3.05) is 48.8 Å². The average molecular weight is 591 g/mol. The lowest BCUT2D eigenvalue weighted by molar-refractivity contribution is -0.124. The Balaban J connectivity index is 0.00000400. The smallest absolute Gasteiger partial charge is 0.237 e. The monoisotopic (exact) mass is 590 g/mol. The number of anilines is 1. The summed E-state index contributed by atoms with van der Waals surface area (Å²) in [6.45, 7) is 8.47. The van der Waals surface area contributed by atoms with Gasteiger partial charge in [0, 0.05) is 49.6 Å². The number of para-hydroxylation sites is 1. The van der Waals surface area contributed by atoms with Gasteiger partial charge in [0.25, 0.3) is 0 Å². The predicted molar refractivity (Wildman–Crippen MR) is 154 cm³/mol. The molecule has 4 atom stereocenters. The number of nitrogens with one attached hydrogen (secondary N) is 1. The second-order valence-corrected chi connectivity index (χ2v) is 16.1. The molecule has 38 heavy (non-hydrogen) atoms. The van der Waals surface area contributed by atoms with Gasteiger partial charge in [0.05, 0.1) is 17.5 Å². The van der Waals surface area contributed by atoms with E-state index in [4.69, 9.17) is 5.73 Å². The lowest BCUT2D eigenvalue weighted by Gasteiger charge is -2.44. The summed E-state index contributed by atoms with van der Waals surface area (Å²) < 4.78 is 52.2. The summed E-state index contributed by atoms with van der Waals surface area (Å²) in [7, 11) is -6.80. The van der Waals surface area contributed by atoms with Crippen molar-refractivity contribution in [3.8, 4) is 0 Å². The van der Waals surface area contributed by atoms with Crippen molar-refractivity contribution in [1.82, 2.24) is 9.62 Å². The van der Waals surface area contributed by atoms with Gasteiger partial charge in [0.2, 0.25) is 15.9 Å². The fraction of sp³-hybridized carbons (Fsp3) is 0.731. The second kappa shape index (κ2) is 11.2. The van der Waals surface area contributed by atoms with Crippen LogP contribution >= 0.6 is 12.4 Å². The van der Waals surface area contributed by atoms with Gasteiger partial charge in [0.15, 0.2) is 0 Å². The van der Waals surface area contributed by atoms with Crippen molar-refractivity contribution in [1.29, 1.82) is 0 Å². The molecule has 1 amide bonds. The van der Waals surface area contributed by atoms with Crippen LogP contribution in [0.2, 0.25) is 0 Å². The van der Waals surface area contributed by atoms with E-state index in [-0.39, 0.29) is 41.8 Å². The van der Waals surface area contributed by atoms with Crippen LogP contribution in [-0.2, 0) is 24.7 Å². The van der Waals surface area contributed by atoms with E-state index in [0.717, 1.165) is 24.8 Å². The molecule has 2 aliphatic carbocycles. The van der Waals surface area contributed by atoms with Crippen molar-refractivity contribution in [3.05, 3.63) is 29.8 Å². The molecule has 3 N–H and O–H groups in total. The highest BCUT2D eigenvalue weighted by atomic mass is 35.5. The Hall–Kier alpha value is -1.40. The maximum absolute atomic E-state index is 13.8. The zero-order chi connectivity index (χ0) is 27.2. The summed E-state index contributed by atoms with van der Waals surface area (Å²) >= 11 is 0. The summed E-state index contributed by atoms with van der Waals surface area (Å²) in [6, 6.07) is 6.90. The predicted octanol–water partition coefficient (Wildman–Crippen LogP) is 1.94. The van der Waals surface area contributed by atoms with Gasteiger partial charge in [-0.2, -0.15) is 4.31 Å². The first-order valence-corrected chi connectivity index (χ1v) is 16.9. The van der Waals surface area contributed by atoms with Crippen LogP contribution in [0.15, 0.2) is 24.3 Å². The summed E-state index contributed by atoms with van der Waals surface area (Å²) in [5.41, 5.74) is 7.50. The number of carbonyl (C=O) groups is 1. The molecule has 0 aromatic heterocycles. The topological polar surface area (TPSA) is 130 Å². The molecule has 1 unspecified atom stereocenters. The number of sulfonamides is 1. The van der Waals surface area contributed by atoms with E-state index in [9.17, 15) is 21.6 Å². The number of piperazine rings is 1. The maximum Gasteiger partial charge on any atom is 0.237 e. The molecule has 1 saturated heterocycles. The minimum atomic E-state index is -3.57. The van der Waals surface area contributed by atoms with Gasteiger partial charge in [-0.15, -0.1) is 12.4 Å². The van der Waals surface area contributed by atoms with E-state index in [1.54, 1.807) is 4.31 Å². The van der Waals surface area contributed by atoms with E-state index in [1.807, 2.05) is 12.1 Å². The number of nitrogens with zero attached hydrogens (tertiary/aromatic N) is 2. The standard InChI is InChI=1S/C26H42N4O5S2.ClH/c1-19-7-5-6-8-22(19)29-12-14-30(15-13-29)37(34,35)18-26-11-9-20(25(26,2)3)17-23(26)28-24(31)21(27)10-16-36(4,32)33;/h5-8,20-21,23H,9-18,27H2,1-4H3,(H,28,31);1H/t20?,21-,23-,26+;/m0./s1. The molecule has 0 spiro atoms. The minimum absolute atomic E-state index is 0. The quantitative estimate of drug-likeness (QED) is 0.449. The van der Waals surface area contributed by atoms with Gasteiger partial charge in [-0.05, 0) is 55.6 Å². The number of carbonyl (C=O) groups excluding carboxylic acids is 1. The molecule has 2 saturated carbocycles. The first kappa shape index (κ1) is 31.1. The van der Waals surface area contributed by atoms with Gasteiger partial charge in [-0.1, -0.05) is 32.0 Å². The van der Waals surface area contributed by atoms with Crippen LogP contribution in [0.1, 0.15) is 45.1 Å². The van der Waals surface area contributed by atoms with Gasteiger partial charge < -0.3 is 16.0 Å². The SMILES string of the molecule is Cc1ccccc1N1CCN(S(=O)(=O)C[C@]23CCC(C[C@@H]2NC(=O)[C@@H](N)CCS(C)(=O)=O)C3(C)C)CC1.Cl. The van der Waals surface area contributed by atoms with Crippen LogP contribution in [0.25, 0.3) is 0 Å². The van der Waals surface area contributed by atoms with Crippen LogP contribution in [0.5, 0.6) is 0 Å². The normalized spacial score (nSPS) is 28.1.